The van der Waals surface area contributed by atoms with Crippen LogP contribution in [0.5, 0.6) is 0 Å². The van der Waals surface area contributed by atoms with Crippen LogP contribution in [0.4, 0.5) is 0 Å². The van der Waals surface area contributed by atoms with Gasteiger partial charge in [0.25, 0.3) is 0 Å². The molecule has 1 saturated carbocycles. The Hall–Kier alpha value is -0.0400. The van der Waals surface area contributed by atoms with Crippen LogP contribution in [0.1, 0.15) is 58.8 Å². The molecular formula is C13H27N. The monoisotopic (exact) mass is 197 g/mol. The van der Waals surface area contributed by atoms with E-state index in [9.17, 15) is 0 Å². The Morgan fingerprint density at radius 1 is 1.21 bits per heavy atom. The third kappa shape index (κ3) is 3.61. The van der Waals surface area contributed by atoms with Crippen molar-refractivity contribution in [3.05, 3.63) is 0 Å². The number of hydrogen-bond acceptors (Lipinski definition) is 1. The van der Waals surface area contributed by atoms with Gasteiger partial charge in [-0.3, -0.25) is 0 Å². The molecule has 1 aliphatic carbocycles. The molecule has 0 aromatic carbocycles. The van der Waals surface area contributed by atoms with Crippen LogP contribution in [0.25, 0.3) is 0 Å². The maximum Gasteiger partial charge on any atom is 0.00898 e. The van der Waals surface area contributed by atoms with Gasteiger partial charge in [0.15, 0.2) is 0 Å². The van der Waals surface area contributed by atoms with Crippen LogP contribution in [-0.2, 0) is 0 Å². The second kappa shape index (κ2) is 6.44. The first-order valence-corrected chi connectivity index (χ1v) is 6.45. The molecule has 84 valence electrons. The fourth-order valence-corrected chi connectivity index (χ4v) is 2.97. The van der Waals surface area contributed by atoms with Crippen molar-refractivity contribution in [2.75, 3.05) is 7.05 Å². The Morgan fingerprint density at radius 3 is 2.57 bits per heavy atom. The minimum absolute atomic E-state index is 0.760. The Morgan fingerprint density at radius 2 is 1.93 bits per heavy atom. The van der Waals surface area contributed by atoms with Crippen LogP contribution in [0, 0.1) is 11.8 Å². The van der Waals surface area contributed by atoms with Gasteiger partial charge in [0.05, 0.1) is 0 Å². The van der Waals surface area contributed by atoms with Gasteiger partial charge < -0.3 is 5.32 Å². The van der Waals surface area contributed by atoms with Crippen LogP contribution in [0.15, 0.2) is 0 Å². The quantitative estimate of drug-likeness (QED) is 0.729. The van der Waals surface area contributed by atoms with Gasteiger partial charge in [0.2, 0.25) is 0 Å². The summed E-state index contributed by atoms with van der Waals surface area (Å²) < 4.78 is 0. The van der Waals surface area contributed by atoms with Crippen molar-refractivity contribution in [3.63, 3.8) is 0 Å². The zero-order chi connectivity index (χ0) is 10.4. The lowest BCUT2D eigenvalue weighted by atomic mass is 9.80. The van der Waals surface area contributed by atoms with Gasteiger partial charge in [-0.05, 0) is 38.1 Å². The zero-order valence-electron chi connectivity index (χ0n) is 10.2. The summed E-state index contributed by atoms with van der Waals surface area (Å²) in [4.78, 5) is 0. The highest BCUT2D eigenvalue weighted by Crippen LogP contribution is 2.29. The fourth-order valence-electron chi connectivity index (χ4n) is 2.97. The third-order valence-electron chi connectivity index (χ3n) is 3.86. The lowest BCUT2D eigenvalue weighted by molar-refractivity contribution is 0.249. The Kier molecular flexibility index (Phi) is 5.54. The van der Waals surface area contributed by atoms with Crippen molar-refractivity contribution < 1.29 is 0 Å². The molecule has 1 nitrogen and oxygen atoms in total. The van der Waals surface area contributed by atoms with Gasteiger partial charge in [-0.15, -0.1) is 0 Å². The maximum atomic E-state index is 3.49. The van der Waals surface area contributed by atoms with Gasteiger partial charge in [-0.1, -0.05) is 39.5 Å². The number of rotatable bonds is 3. The second-order valence-corrected chi connectivity index (χ2v) is 5.04. The highest BCUT2D eigenvalue weighted by molar-refractivity contribution is 4.77. The first-order chi connectivity index (χ1) is 6.77. The summed E-state index contributed by atoms with van der Waals surface area (Å²) in [5, 5.41) is 3.49. The van der Waals surface area contributed by atoms with Crippen molar-refractivity contribution >= 4 is 0 Å². The molecule has 1 N–H and O–H groups in total. The summed E-state index contributed by atoms with van der Waals surface area (Å²) in [5.74, 6) is 1.88. The standard InChI is InChI=1S/C13H27N/c1-4-13(14-3)12-9-7-5-6-8-11(2)10-12/h11-14H,4-10H2,1-3H3. The molecule has 1 rings (SSSR count). The summed E-state index contributed by atoms with van der Waals surface area (Å²) in [6.45, 7) is 4.74. The molecule has 14 heavy (non-hydrogen) atoms. The molecule has 3 unspecified atom stereocenters. The van der Waals surface area contributed by atoms with Crippen molar-refractivity contribution in [1.29, 1.82) is 0 Å². The molecule has 0 aromatic heterocycles. The molecule has 0 amide bonds. The average Bonchev–Trinajstić information content (AvgIpc) is 2.15. The van der Waals surface area contributed by atoms with Crippen LogP contribution in [-0.4, -0.2) is 13.1 Å². The van der Waals surface area contributed by atoms with Crippen molar-refractivity contribution in [2.24, 2.45) is 11.8 Å². The van der Waals surface area contributed by atoms with E-state index in [0.717, 1.165) is 17.9 Å². The number of nitrogens with one attached hydrogen (secondary N) is 1. The Bertz CT molecular complexity index is 140. The summed E-state index contributed by atoms with van der Waals surface area (Å²) in [5.41, 5.74) is 0. The molecule has 1 aliphatic rings. The average molecular weight is 197 g/mol. The van der Waals surface area contributed by atoms with Gasteiger partial charge >= 0.3 is 0 Å². The van der Waals surface area contributed by atoms with Gasteiger partial charge in [0.1, 0.15) is 0 Å². The predicted molar refractivity (Wildman–Crippen MR) is 63.5 cm³/mol. The smallest absolute Gasteiger partial charge is 0.00898 e. The molecule has 3 atom stereocenters. The summed E-state index contributed by atoms with van der Waals surface area (Å²) in [6, 6.07) is 0.760. The van der Waals surface area contributed by atoms with E-state index >= 15 is 0 Å². The molecule has 0 bridgehead atoms. The fraction of sp³-hybridized carbons (Fsp3) is 1.00. The van der Waals surface area contributed by atoms with E-state index in [4.69, 9.17) is 0 Å². The van der Waals surface area contributed by atoms with E-state index in [1.54, 1.807) is 0 Å². The maximum absolute atomic E-state index is 3.49. The van der Waals surface area contributed by atoms with E-state index < -0.39 is 0 Å². The molecule has 0 heterocycles. The van der Waals surface area contributed by atoms with E-state index in [1.807, 2.05) is 0 Å². The minimum Gasteiger partial charge on any atom is -0.317 e. The first-order valence-electron chi connectivity index (χ1n) is 6.45. The zero-order valence-corrected chi connectivity index (χ0v) is 10.2. The SMILES string of the molecule is CCC(NC)C1CCCCCC(C)C1. The largest absolute Gasteiger partial charge is 0.317 e. The van der Waals surface area contributed by atoms with Crippen LogP contribution < -0.4 is 5.32 Å². The molecular weight excluding hydrogens is 170 g/mol. The Balaban J connectivity index is 2.46. The number of hydrogen-bond donors (Lipinski definition) is 1. The molecule has 0 spiro atoms. The minimum atomic E-state index is 0.760. The topological polar surface area (TPSA) is 12.0 Å². The molecule has 0 aromatic rings. The van der Waals surface area contributed by atoms with E-state index in [1.165, 1.54) is 44.9 Å². The Labute approximate surface area is 89.7 Å². The molecule has 0 radical (unpaired) electrons. The molecule has 1 heteroatoms. The third-order valence-corrected chi connectivity index (χ3v) is 3.86. The van der Waals surface area contributed by atoms with Gasteiger partial charge in [0, 0.05) is 6.04 Å². The molecule has 0 aliphatic heterocycles. The van der Waals surface area contributed by atoms with Crippen molar-refractivity contribution in [1.82, 2.24) is 5.32 Å². The van der Waals surface area contributed by atoms with Gasteiger partial charge in [-0.25, -0.2) is 0 Å². The van der Waals surface area contributed by atoms with Crippen molar-refractivity contribution in [3.8, 4) is 0 Å². The highest BCUT2D eigenvalue weighted by atomic mass is 14.9. The van der Waals surface area contributed by atoms with Crippen LogP contribution in [0.3, 0.4) is 0 Å². The summed E-state index contributed by atoms with van der Waals surface area (Å²) in [6.07, 6.45) is 10.0. The highest BCUT2D eigenvalue weighted by Gasteiger charge is 2.21. The normalized spacial score (nSPS) is 31.9. The summed E-state index contributed by atoms with van der Waals surface area (Å²) >= 11 is 0. The van der Waals surface area contributed by atoms with Crippen molar-refractivity contribution in [2.45, 2.75) is 64.8 Å². The lowest BCUT2D eigenvalue weighted by Gasteiger charge is -2.30. The summed E-state index contributed by atoms with van der Waals surface area (Å²) in [7, 11) is 2.12. The second-order valence-electron chi connectivity index (χ2n) is 5.04. The van der Waals surface area contributed by atoms with E-state index in [2.05, 4.69) is 26.2 Å². The predicted octanol–water partition coefficient (Wildman–Crippen LogP) is 3.59. The van der Waals surface area contributed by atoms with E-state index in [-0.39, 0.29) is 0 Å². The molecule has 0 saturated heterocycles. The van der Waals surface area contributed by atoms with E-state index in [0.29, 0.717) is 0 Å². The molecule has 1 fully saturated rings. The van der Waals surface area contributed by atoms with Crippen LogP contribution >= 0.6 is 0 Å². The first kappa shape index (κ1) is 12.0. The van der Waals surface area contributed by atoms with Gasteiger partial charge in [-0.2, -0.15) is 0 Å². The lowest BCUT2D eigenvalue weighted by Crippen LogP contribution is -2.34. The van der Waals surface area contributed by atoms with Crippen LogP contribution in [0.2, 0.25) is 0 Å².